The zero-order valence-electron chi connectivity index (χ0n) is 14.6. The summed E-state index contributed by atoms with van der Waals surface area (Å²) in [6, 6.07) is 11.2. The summed E-state index contributed by atoms with van der Waals surface area (Å²) in [6.07, 6.45) is 0. The van der Waals surface area contributed by atoms with Gasteiger partial charge in [0.15, 0.2) is 0 Å². The number of likely N-dealkylation sites (N-methyl/N-ethyl adjacent to an activating group) is 1. The van der Waals surface area contributed by atoms with Gasteiger partial charge in [-0.1, -0.05) is 30.3 Å². The van der Waals surface area contributed by atoms with Crippen molar-refractivity contribution < 1.29 is 9.90 Å². The first-order chi connectivity index (χ1) is 11.2. The summed E-state index contributed by atoms with van der Waals surface area (Å²) in [5.41, 5.74) is 1.12. The largest absolute Gasteiger partial charge is 0.389 e. The first kappa shape index (κ1) is 17.9. The summed E-state index contributed by atoms with van der Waals surface area (Å²) in [5.74, 6) is -0.377. The van der Waals surface area contributed by atoms with Crippen LogP contribution in [0.25, 0.3) is 11.1 Å². The number of aromatic amines is 1. The molecule has 5 nitrogen and oxygen atoms in total. The summed E-state index contributed by atoms with van der Waals surface area (Å²) < 4.78 is 0. The minimum atomic E-state index is -1.02. The molecule has 24 heavy (non-hydrogen) atoms. The summed E-state index contributed by atoms with van der Waals surface area (Å²) in [6.45, 7) is 7.49. The number of aryl methyl sites for hydroxylation is 1. The van der Waals surface area contributed by atoms with Crippen LogP contribution in [-0.2, 0) is 0 Å². The quantitative estimate of drug-likeness (QED) is 0.886. The van der Waals surface area contributed by atoms with Crippen LogP contribution in [0.1, 0.15) is 36.8 Å². The Kier molecular flexibility index (Phi) is 5.24. The third kappa shape index (κ3) is 4.11. The average Bonchev–Trinajstić information content (AvgIpc) is 2.52. The monoisotopic (exact) mass is 328 g/mol. The van der Waals surface area contributed by atoms with Crippen LogP contribution in [0.2, 0.25) is 0 Å². The highest BCUT2D eigenvalue weighted by Gasteiger charge is 2.24. The Balaban J connectivity index is 2.47. The lowest BCUT2D eigenvalue weighted by Gasteiger charge is -2.28. The Morgan fingerprint density at radius 2 is 1.88 bits per heavy atom. The van der Waals surface area contributed by atoms with Crippen LogP contribution in [0, 0.1) is 6.92 Å². The van der Waals surface area contributed by atoms with Gasteiger partial charge in [0.25, 0.3) is 11.5 Å². The molecule has 128 valence electrons. The zero-order chi connectivity index (χ0) is 17.9. The molecule has 0 aliphatic carbocycles. The molecule has 5 heteroatoms. The van der Waals surface area contributed by atoms with E-state index in [1.807, 2.05) is 44.2 Å². The number of benzene rings is 1. The fourth-order valence-electron chi connectivity index (χ4n) is 2.66. The van der Waals surface area contributed by atoms with E-state index in [4.69, 9.17) is 0 Å². The van der Waals surface area contributed by atoms with Crippen molar-refractivity contribution in [2.75, 3.05) is 13.1 Å². The number of rotatable bonds is 5. The van der Waals surface area contributed by atoms with E-state index in [9.17, 15) is 14.7 Å². The molecule has 2 aromatic rings. The number of hydrogen-bond donors (Lipinski definition) is 2. The van der Waals surface area contributed by atoms with Crippen molar-refractivity contribution in [2.45, 2.75) is 33.3 Å². The number of nitrogens with zero attached hydrogens (tertiary/aromatic N) is 1. The number of aliphatic hydroxyl groups is 1. The maximum Gasteiger partial charge on any atom is 0.261 e. The van der Waals surface area contributed by atoms with E-state index in [0.717, 1.165) is 11.1 Å². The normalized spacial score (nSPS) is 11.4. The summed E-state index contributed by atoms with van der Waals surface area (Å²) in [4.78, 5) is 29.3. The number of amides is 1. The van der Waals surface area contributed by atoms with Gasteiger partial charge in [0.05, 0.1) is 5.60 Å². The Morgan fingerprint density at radius 1 is 1.25 bits per heavy atom. The molecule has 0 saturated carbocycles. The molecule has 0 aliphatic rings. The zero-order valence-corrected chi connectivity index (χ0v) is 14.6. The van der Waals surface area contributed by atoms with Gasteiger partial charge in [0, 0.05) is 24.3 Å². The number of carbonyl (C=O) groups is 1. The summed E-state index contributed by atoms with van der Waals surface area (Å²) >= 11 is 0. The van der Waals surface area contributed by atoms with Crippen LogP contribution < -0.4 is 5.56 Å². The highest BCUT2D eigenvalue weighted by atomic mass is 16.3. The van der Waals surface area contributed by atoms with E-state index in [1.165, 1.54) is 4.90 Å². The minimum Gasteiger partial charge on any atom is -0.389 e. The van der Waals surface area contributed by atoms with Crippen LogP contribution >= 0.6 is 0 Å². The minimum absolute atomic E-state index is 0.0885. The number of carbonyl (C=O) groups excluding carboxylic acids is 1. The Hall–Kier alpha value is -2.40. The van der Waals surface area contributed by atoms with Crippen molar-refractivity contribution in [1.29, 1.82) is 0 Å². The Labute approximate surface area is 142 Å². The van der Waals surface area contributed by atoms with E-state index in [1.54, 1.807) is 19.9 Å². The molecule has 1 aromatic carbocycles. The van der Waals surface area contributed by atoms with Gasteiger partial charge in [-0.15, -0.1) is 0 Å². The fraction of sp³-hybridized carbons (Fsp3) is 0.368. The van der Waals surface area contributed by atoms with Crippen LogP contribution in [0.15, 0.2) is 41.2 Å². The van der Waals surface area contributed by atoms with Crippen molar-refractivity contribution in [3.63, 3.8) is 0 Å². The van der Waals surface area contributed by atoms with E-state index in [0.29, 0.717) is 12.2 Å². The number of aromatic nitrogens is 1. The van der Waals surface area contributed by atoms with Gasteiger partial charge in [-0.3, -0.25) is 9.59 Å². The average molecular weight is 328 g/mol. The lowest BCUT2D eigenvalue weighted by Crippen LogP contribution is -2.43. The van der Waals surface area contributed by atoms with Gasteiger partial charge < -0.3 is 15.0 Å². The van der Waals surface area contributed by atoms with Crippen molar-refractivity contribution in [3.8, 4) is 11.1 Å². The number of hydrogen-bond acceptors (Lipinski definition) is 3. The molecule has 0 unspecified atom stereocenters. The molecular weight excluding hydrogens is 304 g/mol. The number of pyridine rings is 1. The molecule has 1 amide bonds. The maximum atomic E-state index is 12.8. The first-order valence-corrected chi connectivity index (χ1v) is 8.04. The van der Waals surface area contributed by atoms with E-state index < -0.39 is 11.2 Å². The number of H-pyrrole nitrogens is 1. The molecule has 2 rings (SSSR count). The van der Waals surface area contributed by atoms with E-state index in [-0.39, 0.29) is 18.0 Å². The highest BCUT2D eigenvalue weighted by Crippen LogP contribution is 2.22. The molecule has 1 heterocycles. The topological polar surface area (TPSA) is 73.4 Å². The van der Waals surface area contributed by atoms with Gasteiger partial charge >= 0.3 is 0 Å². The summed E-state index contributed by atoms with van der Waals surface area (Å²) in [7, 11) is 0. The van der Waals surface area contributed by atoms with Crippen molar-refractivity contribution in [1.82, 2.24) is 9.88 Å². The van der Waals surface area contributed by atoms with Gasteiger partial charge in [0.2, 0.25) is 0 Å². The van der Waals surface area contributed by atoms with Crippen LogP contribution in [0.3, 0.4) is 0 Å². The molecule has 2 N–H and O–H groups in total. The van der Waals surface area contributed by atoms with Gasteiger partial charge in [0.1, 0.15) is 5.56 Å². The van der Waals surface area contributed by atoms with Crippen molar-refractivity contribution in [3.05, 3.63) is 58.0 Å². The van der Waals surface area contributed by atoms with E-state index in [2.05, 4.69) is 4.98 Å². The second-order valence-electron chi connectivity index (χ2n) is 6.55. The second kappa shape index (κ2) is 7.01. The molecule has 0 fully saturated rings. The van der Waals surface area contributed by atoms with Crippen molar-refractivity contribution in [2.24, 2.45) is 0 Å². The predicted molar refractivity (Wildman–Crippen MR) is 95.1 cm³/mol. The lowest BCUT2D eigenvalue weighted by molar-refractivity contribution is 0.0313. The first-order valence-electron chi connectivity index (χ1n) is 8.04. The molecule has 0 aliphatic heterocycles. The third-order valence-corrected chi connectivity index (χ3v) is 3.80. The smallest absolute Gasteiger partial charge is 0.261 e. The Morgan fingerprint density at radius 3 is 2.42 bits per heavy atom. The van der Waals surface area contributed by atoms with Gasteiger partial charge in [-0.2, -0.15) is 0 Å². The summed E-state index contributed by atoms with van der Waals surface area (Å²) in [5, 5.41) is 9.98. The van der Waals surface area contributed by atoms with E-state index >= 15 is 0 Å². The standard InChI is InChI=1S/C19H24N2O3/c1-5-21(12-19(3,4)24)18(23)16-11-15(13(2)20-17(16)22)14-9-7-6-8-10-14/h6-11,24H,5,12H2,1-4H3,(H,20,22). The van der Waals surface area contributed by atoms with Crippen LogP contribution in [0.5, 0.6) is 0 Å². The molecule has 0 saturated heterocycles. The molecule has 1 aromatic heterocycles. The maximum absolute atomic E-state index is 12.8. The fourth-order valence-corrected chi connectivity index (χ4v) is 2.66. The molecule has 0 atom stereocenters. The van der Waals surface area contributed by atoms with Crippen LogP contribution in [0.4, 0.5) is 0 Å². The molecule has 0 radical (unpaired) electrons. The number of nitrogens with one attached hydrogen (secondary N) is 1. The van der Waals surface area contributed by atoms with Crippen LogP contribution in [-0.4, -0.2) is 39.6 Å². The predicted octanol–water partition coefficient (Wildman–Crippen LogP) is 2.58. The van der Waals surface area contributed by atoms with Crippen molar-refractivity contribution >= 4 is 5.91 Å². The lowest BCUT2D eigenvalue weighted by atomic mass is 10.0. The second-order valence-corrected chi connectivity index (χ2v) is 6.55. The molecule has 0 bridgehead atoms. The third-order valence-electron chi connectivity index (χ3n) is 3.80. The van der Waals surface area contributed by atoms with Gasteiger partial charge in [-0.25, -0.2) is 0 Å². The SMILES string of the molecule is CCN(CC(C)(C)O)C(=O)c1cc(-c2ccccc2)c(C)[nH]c1=O. The molecular formula is C19H24N2O3. The molecule has 0 spiro atoms. The highest BCUT2D eigenvalue weighted by molar-refractivity contribution is 5.95. The Bertz CT molecular complexity index is 773. The van der Waals surface area contributed by atoms with Gasteiger partial charge in [-0.05, 0) is 39.3 Å².